The Labute approximate surface area is 347 Å². The molecule has 0 aromatic carbocycles. The summed E-state index contributed by atoms with van der Waals surface area (Å²) in [6, 6.07) is 5.07. The molecular formula is C52H80N2O3. The number of ether oxygens (including phenoxy) is 2. The molecule has 57 heavy (non-hydrogen) atoms. The number of rotatable bonds is 5. The summed E-state index contributed by atoms with van der Waals surface area (Å²) in [6.07, 6.45) is 41.9. The fourth-order valence-electron chi connectivity index (χ4n) is 18.1. The monoisotopic (exact) mass is 781 g/mol. The number of carbonyl (C=O) groups is 1. The molecule has 0 bridgehead atoms. The number of nitrogens with zero attached hydrogens (tertiary/aromatic N) is 2. The van der Waals surface area contributed by atoms with Crippen LogP contribution in [0.2, 0.25) is 0 Å². The first-order valence-electron chi connectivity index (χ1n) is 26.1. The van der Waals surface area contributed by atoms with Crippen LogP contribution >= 0.6 is 0 Å². The zero-order chi connectivity index (χ0) is 38.0. The molecule has 0 amide bonds. The van der Waals surface area contributed by atoms with Crippen molar-refractivity contribution in [1.29, 1.82) is 5.26 Å². The highest BCUT2D eigenvalue weighted by Crippen LogP contribution is 2.59. The molecule has 0 radical (unpaired) electrons. The highest BCUT2D eigenvalue weighted by Gasteiger charge is 2.60. The average molecular weight is 781 g/mol. The van der Waals surface area contributed by atoms with Crippen molar-refractivity contribution in [2.75, 3.05) is 0 Å². The normalized spacial score (nSPS) is 52.1. The minimum absolute atomic E-state index is 0.186. The van der Waals surface area contributed by atoms with E-state index in [2.05, 4.69) is 11.0 Å². The lowest BCUT2D eigenvalue weighted by molar-refractivity contribution is -0.163. The number of carbonyl (C=O) groups excluding carboxylic acids is 1. The van der Waals surface area contributed by atoms with Crippen molar-refractivity contribution < 1.29 is 14.3 Å². The Hall–Kier alpha value is -0.960. The average Bonchev–Trinajstić information content (AvgIpc) is 3.80. The summed E-state index contributed by atoms with van der Waals surface area (Å²) in [4.78, 5) is 17.1. The molecule has 3 heterocycles. The fraction of sp³-hybridized carbons (Fsp3) is 0.962. The van der Waals surface area contributed by atoms with E-state index in [1.807, 2.05) is 0 Å². The van der Waals surface area contributed by atoms with E-state index in [4.69, 9.17) is 9.47 Å². The van der Waals surface area contributed by atoms with Crippen LogP contribution in [-0.4, -0.2) is 53.2 Å². The van der Waals surface area contributed by atoms with E-state index in [1.54, 1.807) is 6.42 Å². The number of fused-ring (bicyclic) bond motifs is 7. The molecule has 3 aliphatic heterocycles. The lowest BCUT2D eigenvalue weighted by atomic mass is 9.60. The molecule has 8 aliphatic carbocycles. The van der Waals surface area contributed by atoms with Crippen LogP contribution in [0.15, 0.2) is 0 Å². The van der Waals surface area contributed by atoms with Crippen molar-refractivity contribution in [2.24, 2.45) is 76.9 Å². The van der Waals surface area contributed by atoms with Crippen molar-refractivity contribution in [1.82, 2.24) is 4.90 Å². The maximum atomic E-state index is 13.9. The lowest BCUT2D eigenvalue weighted by Crippen LogP contribution is -2.50. The third kappa shape index (κ3) is 7.46. The maximum Gasteiger partial charge on any atom is 0.141 e. The number of nitriles is 1. The molecular weight excluding hydrogens is 701 g/mol. The van der Waals surface area contributed by atoms with Crippen LogP contribution in [0.3, 0.4) is 0 Å². The van der Waals surface area contributed by atoms with E-state index >= 15 is 0 Å². The summed E-state index contributed by atoms with van der Waals surface area (Å²) in [7, 11) is 0. The van der Waals surface area contributed by atoms with Gasteiger partial charge in [0.05, 0.1) is 30.5 Å². The second-order valence-corrected chi connectivity index (χ2v) is 23.2. The van der Waals surface area contributed by atoms with Gasteiger partial charge in [0.25, 0.3) is 0 Å². The van der Waals surface area contributed by atoms with Crippen LogP contribution in [-0.2, 0) is 14.3 Å². The Morgan fingerprint density at radius 2 is 1.02 bits per heavy atom. The van der Waals surface area contributed by atoms with Crippen LogP contribution in [0.5, 0.6) is 0 Å². The minimum Gasteiger partial charge on any atom is -0.374 e. The van der Waals surface area contributed by atoms with Gasteiger partial charge in [0.15, 0.2) is 0 Å². The van der Waals surface area contributed by atoms with Crippen molar-refractivity contribution in [3.8, 4) is 6.07 Å². The van der Waals surface area contributed by atoms with Gasteiger partial charge in [-0.2, -0.15) is 5.26 Å². The van der Waals surface area contributed by atoms with Gasteiger partial charge in [-0.3, -0.25) is 9.69 Å². The van der Waals surface area contributed by atoms with E-state index in [-0.39, 0.29) is 18.1 Å². The first-order valence-corrected chi connectivity index (χ1v) is 26.1. The summed E-state index contributed by atoms with van der Waals surface area (Å²) in [6.45, 7) is 0. The van der Waals surface area contributed by atoms with Crippen molar-refractivity contribution in [3.63, 3.8) is 0 Å². The molecule has 13 unspecified atom stereocenters. The van der Waals surface area contributed by atoms with E-state index < -0.39 is 0 Å². The predicted octanol–water partition coefficient (Wildman–Crippen LogP) is 11.9. The summed E-state index contributed by atoms with van der Waals surface area (Å²) in [5.41, 5.74) is 0. The van der Waals surface area contributed by atoms with Gasteiger partial charge in [0.2, 0.25) is 0 Å². The zero-order valence-electron chi connectivity index (χ0n) is 35.9. The molecule has 11 rings (SSSR count). The van der Waals surface area contributed by atoms with Crippen molar-refractivity contribution in [2.45, 2.75) is 235 Å². The summed E-state index contributed by atoms with van der Waals surface area (Å²) >= 11 is 0. The molecule has 8 saturated carbocycles. The Morgan fingerprint density at radius 3 is 1.75 bits per heavy atom. The number of likely N-dealkylation sites (tertiary alicyclic amines) is 1. The summed E-state index contributed by atoms with van der Waals surface area (Å²) < 4.78 is 13.9. The quantitative estimate of drug-likeness (QED) is 0.278. The summed E-state index contributed by atoms with van der Waals surface area (Å²) in [5.74, 6) is 10.5. The van der Waals surface area contributed by atoms with Gasteiger partial charge in [0.1, 0.15) is 5.78 Å². The lowest BCUT2D eigenvalue weighted by Gasteiger charge is -2.47. The molecule has 11 aliphatic rings. The van der Waals surface area contributed by atoms with Gasteiger partial charge < -0.3 is 9.47 Å². The third-order valence-corrected chi connectivity index (χ3v) is 21.0. The second kappa shape index (κ2) is 16.7. The van der Waals surface area contributed by atoms with Crippen LogP contribution in [0.4, 0.5) is 0 Å². The van der Waals surface area contributed by atoms with Crippen LogP contribution in [0, 0.1) is 88.3 Å². The molecule has 13 atom stereocenters. The Kier molecular flexibility index (Phi) is 11.4. The SMILES string of the molecule is N#CC1CCC(C2CCC(C3CC(=O)C4CC(C5CCC(C6CCC7C(C6)C6CC8C(CC6N7C6CCCCC6)OC6CCCCC68)CC5)CCC4O3)CC2)CC1. The first-order chi connectivity index (χ1) is 28.1. The Bertz CT molecular complexity index is 1430. The van der Waals surface area contributed by atoms with Crippen LogP contribution in [0.1, 0.15) is 193 Å². The molecule has 0 aromatic heterocycles. The maximum absolute atomic E-state index is 13.9. The van der Waals surface area contributed by atoms with E-state index in [0.29, 0.717) is 36.2 Å². The minimum atomic E-state index is 0.186. The number of Topliss-reactive ketones (excluding diaryl/α,β-unsaturated/α-hetero) is 1. The van der Waals surface area contributed by atoms with Gasteiger partial charge >= 0.3 is 0 Å². The van der Waals surface area contributed by atoms with Gasteiger partial charge in [0, 0.05) is 36.4 Å². The smallest absolute Gasteiger partial charge is 0.141 e. The standard InChI is InChI=1S/C52H80N2O3/c53-31-32-10-12-33(13-11-32)34-18-20-37(21-19-34)51-30-48(55)45-27-39(23-25-50(45)56-51)36-16-14-35(15-17-36)38-22-24-46-42(26-38)43-28-44-41-8-4-5-9-49(41)57-52(44)29-47(43)54(46)40-6-2-1-3-7-40/h32-47,49-52H,1-30H2. The Morgan fingerprint density at radius 1 is 0.439 bits per heavy atom. The highest BCUT2D eigenvalue weighted by atomic mass is 16.5. The van der Waals surface area contributed by atoms with Gasteiger partial charge in [-0.25, -0.2) is 0 Å². The van der Waals surface area contributed by atoms with Crippen molar-refractivity contribution >= 4 is 5.78 Å². The number of hydrogen-bond acceptors (Lipinski definition) is 5. The largest absolute Gasteiger partial charge is 0.374 e. The van der Waals surface area contributed by atoms with Crippen LogP contribution < -0.4 is 0 Å². The second-order valence-electron chi connectivity index (χ2n) is 23.2. The molecule has 3 saturated heterocycles. The van der Waals surface area contributed by atoms with E-state index in [1.165, 1.54) is 154 Å². The topological polar surface area (TPSA) is 62.6 Å². The zero-order valence-corrected chi connectivity index (χ0v) is 35.9. The molecule has 0 N–H and O–H groups in total. The summed E-state index contributed by atoms with van der Waals surface area (Å²) in [5, 5.41) is 9.34. The van der Waals surface area contributed by atoms with Crippen LogP contribution in [0.25, 0.3) is 0 Å². The number of ketones is 1. The fourth-order valence-corrected chi connectivity index (χ4v) is 18.1. The molecule has 5 nitrogen and oxygen atoms in total. The number of hydrogen-bond donors (Lipinski definition) is 0. The molecule has 0 aromatic rings. The molecule has 11 fully saturated rings. The van der Waals surface area contributed by atoms with Crippen molar-refractivity contribution in [3.05, 3.63) is 0 Å². The van der Waals surface area contributed by atoms with E-state index in [9.17, 15) is 10.1 Å². The molecule has 5 heteroatoms. The first kappa shape index (κ1) is 38.9. The van der Waals surface area contributed by atoms with Gasteiger partial charge in [-0.05, 0) is 219 Å². The Balaban J connectivity index is 0.674. The predicted molar refractivity (Wildman–Crippen MR) is 225 cm³/mol. The highest BCUT2D eigenvalue weighted by molar-refractivity contribution is 5.83. The third-order valence-electron chi connectivity index (χ3n) is 21.0. The van der Waals surface area contributed by atoms with E-state index in [0.717, 1.165) is 103 Å². The molecule has 316 valence electrons. The van der Waals surface area contributed by atoms with Gasteiger partial charge in [-0.15, -0.1) is 0 Å². The molecule has 0 spiro atoms. The van der Waals surface area contributed by atoms with Gasteiger partial charge in [-0.1, -0.05) is 32.1 Å².